The van der Waals surface area contributed by atoms with E-state index in [-0.39, 0.29) is 23.1 Å². The molecule has 8 nitrogen and oxygen atoms in total. The average Bonchev–Trinajstić information content (AvgIpc) is 2.47. The van der Waals surface area contributed by atoms with Gasteiger partial charge in [-0.1, -0.05) is 0 Å². The Labute approximate surface area is 113 Å². The zero-order valence-corrected chi connectivity index (χ0v) is 10.3. The zero-order chi connectivity index (χ0) is 14.5. The number of aromatic nitrogens is 2. The second kappa shape index (κ2) is 5.62. The van der Waals surface area contributed by atoms with Crippen molar-refractivity contribution in [3.8, 4) is 23.6 Å². The Balaban J connectivity index is 2.40. The molecule has 1 aromatic carbocycles. The Kier molecular flexibility index (Phi) is 3.72. The van der Waals surface area contributed by atoms with Crippen molar-refractivity contribution in [2.24, 2.45) is 0 Å². The molecule has 0 unspecified atom stereocenters. The number of nitriles is 1. The Morgan fingerprint density at radius 2 is 2.20 bits per heavy atom. The lowest BCUT2D eigenvalue weighted by Crippen LogP contribution is -1.98. The van der Waals surface area contributed by atoms with Crippen molar-refractivity contribution in [2.45, 2.75) is 0 Å². The molecule has 20 heavy (non-hydrogen) atoms. The summed E-state index contributed by atoms with van der Waals surface area (Å²) in [5.41, 5.74) is -0.155. The predicted octanol–water partition coefficient (Wildman–Crippen LogP) is 2.06. The van der Waals surface area contributed by atoms with E-state index in [9.17, 15) is 10.1 Å². The van der Waals surface area contributed by atoms with Crippen LogP contribution in [0.5, 0.6) is 17.5 Å². The van der Waals surface area contributed by atoms with Crippen LogP contribution in [0.4, 0.5) is 5.69 Å². The van der Waals surface area contributed by atoms with Gasteiger partial charge in [0.05, 0.1) is 12.0 Å². The lowest BCUT2D eigenvalue weighted by Gasteiger charge is -2.06. The van der Waals surface area contributed by atoms with E-state index >= 15 is 0 Å². The summed E-state index contributed by atoms with van der Waals surface area (Å²) in [6, 6.07) is 7.11. The topological polar surface area (TPSA) is 111 Å². The van der Waals surface area contributed by atoms with Crippen molar-refractivity contribution >= 4 is 5.69 Å². The van der Waals surface area contributed by atoms with Crippen LogP contribution in [0.15, 0.2) is 30.5 Å². The molecule has 0 spiro atoms. The number of nitrogens with zero attached hydrogens (tertiary/aromatic N) is 4. The molecule has 0 saturated heterocycles. The van der Waals surface area contributed by atoms with Crippen LogP contribution in [-0.4, -0.2) is 22.0 Å². The summed E-state index contributed by atoms with van der Waals surface area (Å²) in [5, 5.41) is 19.7. The van der Waals surface area contributed by atoms with E-state index in [0.29, 0.717) is 5.75 Å². The number of ether oxygens (including phenoxy) is 2. The lowest BCUT2D eigenvalue weighted by molar-refractivity contribution is -0.385. The molecule has 0 fully saturated rings. The highest BCUT2D eigenvalue weighted by Gasteiger charge is 2.18. The van der Waals surface area contributed by atoms with E-state index in [2.05, 4.69) is 9.97 Å². The maximum Gasteiger partial charge on any atom is 0.323 e. The van der Waals surface area contributed by atoms with Crippen molar-refractivity contribution < 1.29 is 14.4 Å². The van der Waals surface area contributed by atoms with Crippen LogP contribution < -0.4 is 9.47 Å². The number of hydrogen-bond acceptors (Lipinski definition) is 7. The SMILES string of the molecule is COc1ccc([N+](=O)[O-])c(Oc2nccc(C#N)n2)c1. The maximum atomic E-state index is 10.9. The van der Waals surface area contributed by atoms with Gasteiger partial charge in [-0.2, -0.15) is 10.2 Å². The molecular formula is C12H8N4O4. The molecule has 0 radical (unpaired) electrons. The minimum absolute atomic E-state index is 0.0653. The van der Waals surface area contributed by atoms with Crippen molar-refractivity contribution in [2.75, 3.05) is 7.11 Å². The van der Waals surface area contributed by atoms with E-state index < -0.39 is 4.92 Å². The van der Waals surface area contributed by atoms with Crippen LogP contribution >= 0.6 is 0 Å². The van der Waals surface area contributed by atoms with E-state index in [1.54, 1.807) is 0 Å². The van der Waals surface area contributed by atoms with Gasteiger partial charge in [-0.25, -0.2) is 4.98 Å². The predicted molar refractivity (Wildman–Crippen MR) is 66.5 cm³/mol. The molecule has 2 aromatic rings. The van der Waals surface area contributed by atoms with Gasteiger partial charge in [0.15, 0.2) is 0 Å². The Morgan fingerprint density at radius 1 is 1.40 bits per heavy atom. The number of nitro benzene ring substituents is 1. The fourth-order valence-electron chi connectivity index (χ4n) is 1.40. The fraction of sp³-hybridized carbons (Fsp3) is 0.0833. The lowest BCUT2D eigenvalue weighted by atomic mass is 10.3. The van der Waals surface area contributed by atoms with Gasteiger partial charge in [0, 0.05) is 18.3 Å². The van der Waals surface area contributed by atoms with Crippen LogP contribution in [0, 0.1) is 21.4 Å². The molecule has 0 N–H and O–H groups in total. The molecule has 100 valence electrons. The maximum absolute atomic E-state index is 10.9. The van der Waals surface area contributed by atoms with Gasteiger partial charge in [-0.05, 0) is 12.1 Å². The first-order chi connectivity index (χ1) is 9.63. The molecule has 8 heteroatoms. The number of benzene rings is 1. The standard InChI is InChI=1S/C12H8N4O4/c1-19-9-2-3-10(16(17)18)11(6-9)20-12-14-5-4-8(7-13)15-12/h2-6H,1H3. The number of nitro groups is 1. The van der Waals surface area contributed by atoms with Gasteiger partial charge in [-0.15, -0.1) is 0 Å². The van der Waals surface area contributed by atoms with Crippen LogP contribution in [0.2, 0.25) is 0 Å². The molecule has 0 aliphatic rings. The molecular weight excluding hydrogens is 264 g/mol. The van der Waals surface area contributed by atoms with E-state index in [4.69, 9.17) is 14.7 Å². The third-order valence-corrected chi connectivity index (χ3v) is 2.31. The molecule has 0 amide bonds. The van der Waals surface area contributed by atoms with E-state index in [1.807, 2.05) is 6.07 Å². The molecule has 0 aliphatic carbocycles. The first-order valence-electron chi connectivity index (χ1n) is 5.37. The quantitative estimate of drug-likeness (QED) is 0.618. The summed E-state index contributed by atoms with van der Waals surface area (Å²) in [6.07, 6.45) is 1.33. The first-order valence-corrected chi connectivity index (χ1v) is 5.37. The second-order valence-electron chi connectivity index (χ2n) is 3.53. The second-order valence-corrected chi connectivity index (χ2v) is 3.53. The van der Waals surface area contributed by atoms with Crippen LogP contribution in [0.1, 0.15) is 5.69 Å². The van der Waals surface area contributed by atoms with Gasteiger partial charge >= 0.3 is 11.7 Å². The largest absolute Gasteiger partial charge is 0.497 e. The number of methoxy groups -OCH3 is 1. The van der Waals surface area contributed by atoms with Gasteiger partial charge < -0.3 is 9.47 Å². The van der Waals surface area contributed by atoms with Crippen molar-refractivity contribution in [3.05, 3.63) is 46.3 Å². The Hall–Kier alpha value is -3.21. The highest BCUT2D eigenvalue weighted by molar-refractivity contribution is 5.51. The van der Waals surface area contributed by atoms with Crippen molar-refractivity contribution in [3.63, 3.8) is 0 Å². The van der Waals surface area contributed by atoms with Gasteiger partial charge in [-0.3, -0.25) is 10.1 Å². The van der Waals surface area contributed by atoms with Gasteiger partial charge in [0.1, 0.15) is 17.5 Å². The highest BCUT2D eigenvalue weighted by atomic mass is 16.6. The number of rotatable bonds is 4. The molecule has 1 aromatic heterocycles. The van der Waals surface area contributed by atoms with Crippen molar-refractivity contribution in [1.82, 2.24) is 9.97 Å². The highest BCUT2D eigenvalue weighted by Crippen LogP contribution is 2.33. The smallest absolute Gasteiger partial charge is 0.323 e. The molecule has 0 saturated carbocycles. The third-order valence-electron chi connectivity index (χ3n) is 2.31. The molecule has 2 rings (SSSR count). The monoisotopic (exact) mass is 272 g/mol. The van der Waals surface area contributed by atoms with Crippen molar-refractivity contribution in [1.29, 1.82) is 5.26 Å². The van der Waals surface area contributed by atoms with Gasteiger partial charge in [0.25, 0.3) is 0 Å². The Morgan fingerprint density at radius 3 is 2.85 bits per heavy atom. The van der Waals surface area contributed by atoms with Crippen LogP contribution in [0.25, 0.3) is 0 Å². The first kappa shape index (κ1) is 13.2. The summed E-state index contributed by atoms with van der Waals surface area (Å²) in [7, 11) is 1.43. The third kappa shape index (κ3) is 2.78. The summed E-state index contributed by atoms with van der Waals surface area (Å²) >= 11 is 0. The van der Waals surface area contributed by atoms with E-state index in [0.717, 1.165) is 0 Å². The fourth-order valence-corrected chi connectivity index (χ4v) is 1.40. The van der Waals surface area contributed by atoms with E-state index in [1.165, 1.54) is 37.6 Å². The van der Waals surface area contributed by atoms with Crippen LogP contribution in [0.3, 0.4) is 0 Å². The molecule has 0 aliphatic heterocycles. The summed E-state index contributed by atoms with van der Waals surface area (Å²) in [6.45, 7) is 0. The summed E-state index contributed by atoms with van der Waals surface area (Å²) in [4.78, 5) is 17.9. The molecule has 1 heterocycles. The van der Waals surface area contributed by atoms with Gasteiger partial charge in [0.2, 0.25) is 5.75 Å². The molecule has 0 atom stereocenters. The summed E-state index contributed by atoms with van der Waals surface area (Å²) < 4.78 is 10.2. The minimum atomic E-state index is -0.594. The number of hydrogen-bond donors (Lipinski definition) is 0. The summed E-state index contributed by atoms with van der Waals surface area (Å²) in [5.74, 6) is 0.325. The zero-order valence-electron chi connectivity index (χ0n) is 10.3. The normalized spacial score (nSPS) is 9.60. The Bertz CT molecular complexity index is 696. The van der Waals surface area contributed by atoms with Crippen LogP contribution in [-0.2, 0) is 0 Å². The minimum Gasteiger partial charge on any atom is -0.497 e. The molecule has 0 bridgehead atoms. The average molecular weight is 272 g/mol.